The summed E-state index contributed by atoms with van der Waals surface area (Å²) in [6.45, 7) is 2.37. The molecule has 2 fully saturated rings. The summed E-state index contributed by atoms with van der Waals surface area (Å²) in [6.07, 6.45) is 4.15. The van der Waals surface area contributed by atoms with Crippen LogP contribution in [0.1, 0.15) is 26.2 Å². The first kappa shape index (κ1) is 5.72. The Kier molecular flexibility index (Phi) is 1.10. The van der Waals surface area contributed by atoms with Crippen LogP contribution in [-0.4, -0.2) is 6.04 Å². The van der Waals surface area contributed by atoms with Crippen LogP contribution in [0, 0.1) is 17.8 Å². The maximum atomic E-state index is 5.88. The first-order valence-corrected chi connectivity index (χ1v) is 4.03. The van der Waals surface area contributed by atoms with Crippen LogP contribution in [0.5, 0.6) is 0 Å². The molecule has 0 aliphatic heterocycles. The topological polar surface area (TPSA) is 26.0 Å². The molecule has 0 heterocycles. The van der Waals surface area contributed by atoms with Crippen molar-refractivity contribution in [3.63, 3.8) is 0 Å². The Hall–Kier alpha value is -0.0400. The summed E-state index contributed by atoms with van der Waals surface area (Å²) in [5.74, 6) is 2.87. The molecule has 1 heteroatoms. The second kappa shape index (κ2) is 1.72. The molecule has 0 aromatic heterocycles. The Morgan fingerprint density at radius 3 is 2.22 bits per heavy atom. The highest BCUT2D eigenvalue weighted by atomic mass is 14.7. The van der Waals surface area contributed by atoms with Gasteiger partial charge in [-0.05, 0) is 37.0 Å². The molecule has 1 unspecified atom stereocenters. The maximum absolute atomic E-state index is 5.88. The summed E-state index contributed by atoms with van der Waals surface area (Å²) in [4.78, 5) is 0. The third-order valence-corrected chi connectivity index (χ3v) is 3.27. The van der Waals surface area contributed by atoms with Gasteiger partial charge in [0.15, 0.2) is 0 Å². The Morgan fingerprint density at radius 1 is 1.11 bits per heavy atom. The van der Waals surface area contributed by atoms with E-state index in [-0.39, 0.29) is 0 Å². The summed E-state index contributed by atoms with van der Waals surface area (Å²) < 4.78 is 0. The summed E-state index contributed by atoms with van der Waals surface area (Å²) in [6, 6.07) is 0.561. The van der Waals surface area contributed by atoms with Crippen LogP contribution >= 0.6 is 0 Å². The van der Waals surface area contributed by atoms with Gasteiger partial charge in [-0.1, -0.05) is 6.92 Å². The fraction of sp³-hybridized carbons (Fsp3) is 1.00. The van der Waals surface area contributed by atoms with E-state index < -0.39 is 0 Å². The van der Waals surface area contributed by atoms with Crippen molar-refractivity contribution >= 4 is 0 Å². The Morgan fingerprint density at radius 2 is 1.89 bits per heavy atom. The number of rotatable bonds is 0. The largest absolute Gasteiger partial charge is 0.327 e. The Labute approximate surface area is 56.6 Å². The van der Waals surface area contributed by atoms with Crippen LogP contribution in [0.3, 0.4) is 0 Å². The number of nitrogens with two attached hydrogens (primary N) is 1. The lowest BCUT2D eigenvalue weighted by Gasteiger charge is -2.21. The van der Waals surface area contributed by atoms with E-state index in [1.54, 1.807) is 0 Å². The molecule has 2 saturated carbocycles. The highest BCUT2D eigenvalue weighted by Gasteiger charge is 2.41. The van der Waals surface area contributed by atoms with Gasteiger partial charge >= 0.3 is 0 Å². The van der Waals surface area contributed by atoms with Gasteiger partial charge < -0.3 is 5.73 Å². The summed E-state index contributed by atoms with van der Waals surface area (Å²) >= 11 is 0. The quantitative estimate of drug-likeness (QED) is 0.520. The third kappa shape index (κ3) is 0.710. The van der Waals surface area contributed by atoms with E-state index in [4.69, 9.17) is 5.73 Å². The molecule has 0 aromatic rings. The van der Waals surface area contributed by atoms with Gasteiger partial charge in [0.25, 0.3) is 0 Å². The highest BCUT2D eigenvalue weighted by Crippen LogP contribution is 2.47. The fourth-order valence-electron chi connectivity index (χ4n) is 2.61. The molecule has 4 atom stereocenters. The van der Waals surface area contributed by atoms with Crippen molar-refractivity contribution in [1.29, 1.82) is 0 Å². The Bertz CT molecular complexity index is 104. The summed E-state index contributed by atoms with van der Waals surface area (Å²) in [5, 5.41) is 0. The fourth-order valence-corrected chi connectivity index (χ4v) is 2.61. The summed E-state index contributed by atoms with van der Waals surface area (Å²) in [5.41, 5.74) is 5.88. The van der Waals surface area contributed by atoms with Crippen LogP contribution in [0.15, 0.2) is 0 Å². The molecule has 1 nitrogen and oxygen atoms in total. The molecule has 9 heavy (non-hydrogen) atoms. The molecule has 0 spiro atoms. The molecule has 0 saturated heterocycles. The van der Waals surface area contributed by atoms with Crippen LogP contribution in [0.25, 0.3) is 0 Å². The zero-order valence-corrected chi connectivity index (χ0v) is 6.01. The predicted molar refractivity (Wildman–Crippen MR) is 38.0 cm³/mol. The normalized spacial score (nSPS) is 56.7. The van der Waals surface area contributed by atoms with Gasteiger partial charge in [0.2, 0.25) is 0 Å². The lowest BCUT2D eigenvalue weighted by Crippen LogP contribution is -2.28. The van der Waals surface area contributed by atoms with E-state index >= 15 is 0 Å². The van der Waals surface area contributed by atoms with E-state index in [0.29, 0.717) is 6.04 Å². The molecule has 0 radical (unpaired) electrons. The maximum Gasteiger partial charge on any atom is 0.00701 e. The third-order valence-electron chi connectivity index (χ3n) is 3.27. The molecule has 2 rings (SSSR count). The van der Waals surface area contributed by atoms with Crippen molar-refractivity contribution in [2.24, 2.45) is 23.5 Å². The van der Waals surface area contributed by atoms with Crippen LogP contribution < -0.4 is 5.73 Å². The molecule has 0 aromatic carbocycles. The van der Waals surface area contributed by atoms with Crippen molar-refractivity contribution in [3.05, 3.63) is 0 Å². The zero-order valence-electron chi connectivity index (χ0n) is 6.01. The van der Waals surface area contributed by atoms with Gasteiger partial charge in [-0.25, -0.2) is 0 Å². The van der Waals surface area contributed by atoms with E-state index in [1.165, 1.54) is 19.3 Å². The van der Waals surface area contributed by atoms with E-state index in [1.807, 2.05) is 0 Å². The minimum atomic E-state index is 0.561. The minimum Gasteiger partial charge on any atom is -0.327 e. The minimum absolute atomic E-state index is 0.561. The zero-order chi connectivity index (χ0) is 6.43. The first-order valence-electron chi connectivity index (χ1n) is 4.03. The van der Waals surface area contributed by atoms with Crippen LogP contribution in [0.4, 0.5) is 0 Å². The van der Waals surface area contributed by atoms with E-state index in [9.17, 15) is 0 Å². The van der Waals surface area contributed by atoms with E-state index in [0.717, 1.165) is 17.8 Å². The average molecular weight is 125 g/mol. The van der Waals surface area contributed by atoms with Gasteiger partial charge in [-0.2, -0.15) is 0 Å². The SMILES string of the molecule is CC1C[C@H]2C[C@@H]1C[C@H]2N. The smallest absolute Gasteiger partial charge is 0.00701 e. The van der Waals surface area contributed by atoms with Crippen molar-refractivity contribution in [2.45, 2.75) is 32.2 Å². The van der Waals surface area contributed by atoms with Gasteiger partial charge in [0.1, 0.15) is 0 Å². The van der Waals surface area contributed by atoms with Crippen molar-refractivity contribution in [3.8, 4) is 0 Å². The number of hydrogen-bond donors (Lipinski definition) is 1. The molecular formula is C8H15N. The molecule has 2 aliphatic rings. The molecule has 2 N–H and O–H groups in total. The molecule has 0 amide bonds. The van der Waals surface area contributed by atoms with Gasteiger partial charge in [0.05, 0.1) is 0 Å². The second-order valence-electron chi connectivity index (χ2n) is 3.87. The number of hydrogen-bond acceptors (Lipinski definition) is 1. The monoisotopic (exact) mass is 125 g/mol. The lowest BCUT2D eigenvalue weighted by molar-refractivity contribution is 0.327. The second-order valence-corrected chi connectivity index (χ2v) is 3.87. The van der Waals surface area contributed by atoms with Gasteiger partial charge in [0, 0.05) is 6.04 Å². The summed E-state index contributed by atoms with van der Waals surface area (Å²) in [7, 11) is 0. The van der Waals surface area contributed by atoms with Crippen LogP contribution in [0.2, 0.25) is 0 Å². The van der Waals surface area contributed by atoms with Crippen molar-refractivity contribution in [1.82, 2.24) is 0 Å². The van der Waals surface area contributed by atoms with Crippen molar-refractivity contribution in [2.75, 3.05) is 0 Å². The Balaban J connectivity index is 2.10. The lowest BCUT2D eigenvalue weighted by atomic mass is 9.88. The first-order chi connectivity index (χ1) is 4.27. The highest BCUT2D eigenvalue weighted by molar-refractivity contribution is 4.95. The molecule has 2 aliphatic carbocycles. The number of fused-ring (bicyclic) bond motifs is 2. The van der Waals surface area contributed by atoms with Gasteiger partial charge in [-0.3, -0.25) is 0 Å². The molecule has 52 valence electrons. The molecule has 2 bridgehead atoms. The average Bonchev–Trinajstić information content (AvgIpc) is 2.24. The van der Waals surface area contributed by atoms with E-state index in [2.05, 4.69) is 6.92 Å². The van der Waals surface area contributed by atoms with Crippen LogP contribution in [-0.2, 0) is 0 Å². The molecular weight excluding hydrogens is 110 g/mol. The van der Waals surface area contributed by atoms with Gasteiger partial charge in [-0.15, -0.1) is 0 Å². The standard InChI is InChI=1S/C8H15N/c1-5-2-7-3-6(5)4-8(7)9/h5-8H,2-4,9H2,1H3/t5?,6-,7+,8-/m1/s1. The predicted octanol–water partition coefficient (Wildman–Crippen LogP) is 1.38. The van der Waals surface area contributed by atoms with Crippen molar-refractivity contribution < 1.29 is 0 Å².